The predicted molar refractivity (Wildman–Crippen MR) is 117 cm³/mol. The van der Waals surface area contributed by atoms with Crippen LogP contribution in [0.2, 0.25) is 0 Å². The molecular weight excluding hydrogens is 376 g/mol. The van der Waals surface area contributed by atoms with Gasteiger partial charge in [-0.05, 0) is 31.0 Å². The fraction of sp³-hybridized carbons (Fsp3) is 0.208. The summed E-state index contributed by atoms with van der Waals surface area (Å²) in [6.07, 6.45) is 2.75. The SMILES string of the molecule is Cc1ccc(CC(=O)N[C@@H](Cc2c[nH]c3ccccc23)c2cc(=O)[nH]c(C)n2)cc1. The van der Waals surface area contributed by atoms with E-state index in [1.54, 1.807) is 6.92 Å². The molecule has 4 aromatic rings. The number of aromatic nitrogens is 3. The van der Waals surface area contributed by atoms with Gasteiger partial charge in [-0.1, -0.05) is 48.0 Å². The van der Waals surface area contributed by atoms with Crippen LogP contribution in [0.15, 0.2) is 65.6 Å². The van der Waals surface area contributed by atoms with E-state index in [1.165, 1.54) is 6.07 Å². The minimum Gasteiger partial charge on any atom is -0.361 e. The summed E-state index contributed by atoms with van der Waals surface area (Å²) < 4.78 is 0. The van der Waals surface area contributed by atoms with E-state index in [2.05, 4.69) is 20.3 Å². The molecule has 0 aliphatic heterocycles. The highest BCUT2D eigenvalue weighted by Crippen LogP contribution is 2.23. The first-order chi connectivity index (χ1) is 14.5. The maximum Gasteiger partial charge on any atom is 0.251 e. The highest BCUT2D eigenvalue weighted by molar-refractivity contribution is 5.83. The molecule has 152 valence electrons. The van der Waals surface area contributed by atoms with Crippen molar-refractivity contribution in [1.82, 2.24) is 20.3 Å². The molecule has 0 spiro atoms. The number of hydrogen-bond donors (Lipinski definition) is 3. The Morgan fingerprint density at radius 3 is 2.63 bits per heavy atom. The number of H-pyrrole nitrogens is 2. The molecule has 0 fully saturated rings. The van der Waals surface area contributed by atoms with Crippen molar-refractivity contribution in [2.45, 2.75) is 32.7 Å². The number of hydrogen-bond acceptors (Lipinski definition) is 3. The second-order valence-corrected chi connectivity index (χ2v) is 7.60. The molecule has 4 rings (SSSR count). The maximum absolute atomic E-state index is 12.8. The lowest BCUT2D eigenvalue weighted by atomic mass is 10.0. The van der Waals surface area contributed by atoms with Crippen LogP contribution in [0.4, 0.5) is 0 Å². The number of aryl methyl sites for hydroxylation is 2. The summed E-state index contributed by atoms with van der Waals surface area (Å²) in [6.45, 7) is 3.75. The lowest BCUT2D eigenvalue weighted by Gasteiger charge is -2.18. The highest BCUT2D eigenvalue weighted by Gasteiger charge is 2.20. The van der Waals surface area contributed by atoms with E-state index in [9.17, 15) is 9.59 Å². The molecule has 2 aromatic heterocycles. The van der Waals surface area contributed by atoms with Gasteiger partial charge >= 0.3 is 0 Å². The van der Waals surface area contributed by atoms with Crippen molar-refractivity contribution in [3.8, 4) is 0 Å². The van der Waals surface area contributed by atoms with Crippen molar-refractivity contribution < 1.29 is 4.79 Å². The molecule has 0 aliphatic rings. The standard InChI is InChI=1S/C24H24N4O2/c1-15-7-9-17(10-8-15)11-23(29)28-21(22-13-24(30)27-16(2)26-22)12-18-14-25-20-6-4-3-5-19(18)20/h3-10,13-14,21,25H,11-12H2,1-2H3,(H,28,29)(H,26,27,30)/t21-/m0/s1. The quantitative estimate of drug-likeness (QED) is 0.463. The normalized spacial score (nSPS) is 12.1. The first kappa shape index (κ1) is 19.6. The van der Waals surface area contributed by atoms with Crippen LogP contribution in [0.3, 0.4) is 0 Å². The van der Waals surface area contributed by atoms with Gasteiger partial charge in [0.2, 0.25) is 5.91 Å². The Kier molecular flexibility index (Phi) is 5.48. The molecule has 0 saturated heterocycles. The third-order valence-corrected chi connectivity index (χ3v) is 5.16. The Morgan fingerprint density at radius 2 is 1.87 bits per heavy atom. The molecule has 3 N–H and O–H groups in total. The molecule has 6 nitrogen and oxygen atoms in total. The van der Waals surface area contributed by atoms with Gasteiger partial charge in [0.05, 0.1) is 18.2 Å². The smallest absolute Gasteiger partial charge is 0.251 e. The zero-order valence-corrected chi connectivity index (χ0v) is 17.0. The third-order valence-electron chi connectivity index (χ3n) is 5.16. The summed E-state index contributed by atoms with van der Waals surface area (Å²) in [5.41, 5.74) is 4.52. The molecule has 1 atom stereocenters. The Morgan fingerprint density at radius 1 is 1.10 bits per heavy atom. The van der Waals surface area contributed by atoms with Crippen molar-refractivity contribution in [2.24, 2.45) is 0 Å². The van der Waals surface area contributed by atoms with E-state index < -0.39 is 6.04 Å². The second kappa shape index (κ2) is 8.37. The fourth-order valence-corrected chi connectivity index (χ4v) is 3.67. The lowest BCUT2D eigenvalue weighted by Crippen LogP contribution is -2.32. The van der Waals surface area contributed by atoms with Crippen LogP contribution in [0.5, 0.6) is 0 Å². The Hall–Kier alpha value is -3.67. The van der Waals surface area contributed by atoms with Gasteiger partial charge in [-0.2, -0.15) is 0 Å². The van der Waals surface area contributed by atoms with Crippen LogP contribution >= 0.6 is 0 Å². The summed E-state index contributed by atoms with van der Waals surface area (Å²) >= 11 is 0. The van der Waals surface area contributed by atoms with Gasteiger partial charge in [-0.15, -0.1) is 0 Å². The fourth-order valence-electron chi connectivity index (χ4n) is 3.67. The lowest BCUT2D eigenvalue weighted by molar-refractivity contribution is -0.121. The Labute approximate surface area is 174 Å². The number of carbonyl (C=O) groups is 1. The molecule has 2 aromatic carbocycles. The van der Waals surface area contributed by atoms with Crippen LogP contribution < -0.4 is 10.9 Å². The molecule has 30 heavy (non-hydrogen) atoms. The van der Waals surface area contributed by atoms with Gasteiger partial charge in [-0.3, -0.25) is 9.59 Å². The number of carbonyl (C=O) groups excluding carboxylic acids is 1. The molecule has 0 aliphatic carbocycles. The van der Waals surface area contributed by atoms with Crippen molar-refractivity contribution in [3.63, 3.8) is 0 Å². The van der Waals surface area contributed by atoms with Gasteiger partial charge in [0.25, 0.3) is 5.56 Å². The molecule has 6 heteroatoms. The van der Waals surface area contributed by atoms with E-state index in [0.29, 0.717) is 17.9 Å². The van der Waals surface area contributed by atoms with Gasteiger partial charge in [0.15, 0.2) is 0 Å². The van der Waals surface area contributed by atoms with Gasteiger partial charge in [-0.25, -0.2) is 4.98 Å². The van der Waals surface area contributed by atoms with Gasteiger partial charge in [0, 0.05) is 29.6 Å². The molecular formula is C24H24N4O2. The van der Waals surface area contributed by atoms with Gasteiger partial charge in [0.1, 0.15) is 5.82 Å². The summed E-state index contributed by atoms with van der Waals surface area (Å²) in [7, 11) is 0. The summed E-state index contributed by atoms with van der Waals surface area (Å²) in [6, 6.07) is 17.0. The number of para-hydroxylation sites is 1. The number of fused-ring (bicyclic) bond motifs is 1. The van der Waals surface area contributed by atoms with Crippen LogP contribution in [0.25, 0.3) is 10.9 Å². The van der Waals surface area contributed by atoms with E-state index in [4.69, 9.17) is 0 Å². The van der Waals surface area contributed by atoms with E-state index in [1.807, 2.05) is 61.7 Å². The van der Waals surface area contributed by atoms with Crippen molar-refractivity contribution in [1.29, 1.82) is 0 Å². The number of nitrogens with one attached hydrogen (secondary N) is 3. The second-order valence-electron chi connectivity index (χ2n) is 7.60. The summed E-state index contributed by atoms with van der Waals surface area (Å²) in [5, 5.41) is 4.18. The zero-order chi connectivity index (χ0) is 21.1. The Bertz CT molecular complexity index is 1240. The minimum atomic E-state index is -0.414. The monoisotopic (exact) mass is 400 g/mol. The van der Waals surface area contributed by atoms with Crippen LogP contribution in [0.1, 0.15) is 34.3 Å². The highest BCUT2D eigenvalue weighted by atomic mass is 16.1. The number of nitrogens with zero attached hydrogens (tertiary/aromatic N) is 1. The maximum atomic E-state index is 12.8. The van der Waals surface area contributed by atoms with Crippen LogP contribution in [-0.2, 0) is 17.6 Å². The predicted octanol–water partition coefficient (Wildman–Crippen LogP) is 3.51. The molecule has 0 saturated carbocycles. The summed E-state index contributed by atoms with van der Waals surface area (Å²) in [5.74, 6) is 0.414. The van der Waals surface area contributed by atoms with Crippen LogP contribution in [-0.4, -0.2) is 20.9 Å². The number of rotatable bonds is 6. The average Bonchev–Trinajstić information content (AvgIpc) is 3.11. The number of benzene rings is 2. The average molecular weight is 400 g/mol. The first-order valence-corrected chi connectivity index (χ1v) is 9.96. The topological polar surface area (TPSA) is 90.6 Å². The van der Waals surface area contributed by atoms with E-state index >= 15 is 0 Å². The Balaban J connectivity index is 1.62. The van der Waals surface area contributed by atoms with E-state index in [0.717, 1.165) is 27.6 Å². The van der Waals surface area contributed by atoms with Crippen LogP contribution in [0, 0.1) is 13.8 Å². The molecule has 2 heterocycles. The number of aromatic amines is 2. The zero-order valence-electron chi connectivity index (χ0n) is 17.0. The third kappa shape index (κ3) is 4.49. The summed E-state index contributed by atoms with van der Waals surface area (Å²) in [4.78, 5) is 35.3. The minimum absolute atomic E-state index is 0.108. The van der Waals surface area contributed by atoms with Gasteiger partial charge < -0.3 is 15.3 Å². The molecule has 0 radical (unpaired) electrons. The number of amides is 1. The van der Waals surface area contributed by atoms with Crippen molar-refractivity contribution in [2.75, 3.05) is 0 Å². The molecule has 0 unspecified atom stereocenters. The van der Waals surface area contributed by atoms with E-state index in [-0.39, 0.29) is 17.9 Å². The largest absolute Gasteiger partial charge is 0.361 e. The molecule has 0 bridgehead atoms. The molecule has 1 amide bonds. The van der Waals surface area contributed by atoms with Crippen molar-refractivity contribution in [3.05, 3.63) is 99.4 Å². The first-order valence-electron chi connectivity index (χ1n) is 9.96. The van der Waals surface area contributed by atoms with Crippen molar-refractivity contribution >= 4 is 16.8 Å².